The summed E-state index contributed by atoms with van der Waals surface area (Å²) in [6, 6.07) is 8.79. The van der Waals surface area contributed by atoms with Gasteiger partial charge in [-0.3, -0.25) is 0 Å². The SMILES string of the molecule is CC(C)(C)c1cnc(Cn2nc3ccc(-c4ccc(OC(F)(F)F)cc4)cn3c2=O)o1. The molecule has 10 heteroatoms. The molecule has 3 aromatic heterocycles. The molecule has 0 amide bonds. The summed E-state index contributed by atoms with van der Waals surface area (Å²) in [4.78, 5) is 17.0. The van der Waals surface area contributed by atoms with Gasteiger partial charge in [-0.25, -0.2) is 18.9 Å². The van der Waals surface area contributed by atoms with Crippen LogP contribution in [0.5, 0.6) is 5.75 Å². The topological polar surface area (TPSA) is 74.6 Å². The lowest BCUT2D eigenvalue weighted by atomic mass is 9.94. The van der Waals surface area contributed by atoms with E-state index in [1.54, 1.807) is 24.5 Å². The number of fused-ring (bicyclic) bond motifs is 1. The molecule has 0 fully saturated rings. The van der Waals surface area contributed by atoms with Gasteiger partial charge in [0, 0.05) is 11.6 Å². The molecule has 0 aliphatic carbocycles. The molecule has 0 radical (unpaired) electrons. The average Bonchev–Trinajstić information content (AvgIpc) is 3.27. The number of rotatable bonds is 4. The van der Waals surface area contributed by atoms with Crippen molar-refractivity contribution in [2.75, 3.05) is 0 Å². The van der Waals surface area contributed by atoms with Crippen LogP contribution in [-0.4, -0.2) is 25.5 Å². The van der Waals surface area contributed by atoms with E-state index in [2.05, 4.69) is 14.8 Å². The Labute approximate surface area is 174 Å². The van der Waals surface area contributed by atoms with Crippen molar-refractivity contribution < 1.29 is 22.3 Å². The van der Waals surface area contributed by atoms with Gasteiger partial charge in [-0.05, 0) is 35.4 Å². The molecule has 0 unspecified atom stereocenters. The van der Waals surface area contributed by atoms with Gasteiger partial charge in [0.2, 0.25) is 5.89 Å². The lowest BCUT2D eigenvalue weighted by Gasteiger charge is -2.12. The maximum absolute atomic E-state index is 12.8. The fourth-order valence-corrected chi connectivity index (χ4v) is 3.00. The van der Waals surface area contributed by atoms with E-state index in [0.29, 0.717) is 28.4 Å². The number of ether oxygens (including phenoxy) is 1. The lowest BCUT2D eigenvalue weighted by Crippen LogP contribution is -2.21. The number of oxazole rings is 1. The molecule has 7 nitrogen and oxygen atoms in total. The van der Waals surface area contributed by atoms with Gasteiger partial charge in [0.1, 0.15) is 18.1 Å². The first kappa shape index (κ1) is 20.7. The Bertz CT molecular complexity index is 1280. The van der Waals surface area contributed by atoms with Crippen LogP contribution in [0.15, 0.2) is 58.0 Å². The lowest BCUT2D eigenvalue weighted by molar-refractivity contribution is -0.274. The zero-order valence-electron chi connectivity index (χ0n) is 17.0. The number of benzene rings is 1. The molecule has 4 rings (SSSR count). The van der Waals surface area contributed by atoms with Gasteiger partial charge < -0.3 is 9.15 Å². The molecular formula is C21H19F3N4O3. The zero-order valence-corrected chi connectivity index (χ0v) is 17.0. The van der Waals surface area contributed by atoms with Gasteiger partial charge in [-0.2, -0.15) is 0 Å². The van der Waals surface area contributed by atoms with Crippen LogP contribution in [0.2, 0.25) is 0 Å². The van der Waals surface area contributed by atoms with Crippen LogP contribution in [0.4, 0.5) is 13.2 Å². The summed E-state index contributed by atoms with van der Waals surface area (Å²) in [6.07, 6.45) is -1.53. The standard InChI is InChI=1S/C21H19F3N4O3/c1-20(2,3)16-10-25-18(30-16)12-28-19(29)27-11-14(6-9-17(27)26-28)13-4-7-15(8-5-13)31-21(22,23)24/h4-11H,12H2,1-3H3. The molecule has 1 aromatic carbocycles. The number of hydrogen-bond donors (Lipinski definition) is 0. The van der Waals surface area contributed by atoms with E-state index < -0.39 is 6.36 Å². The zero-order chi connectivity index (χ0) is 22.4. The third kappa shape index (κ3) is 4.47. The third-order valence-corrected chi connectivity index (χ3v) is 4.58. The summed E-state index contributed by atoms with van der Waals surface area (Å²) in [6.45, 7) is 6.07. The van der Waals surface area contributed by atoms with E-state index in [4.69, 9.17) is 4.42 Å². The van der Waals surface area contributed by atoms with Crippen LogP contribution in [0.25, 0.3) is 16.8 Å². The highest BCUT2D eigenvalue weighted by Crippen LogP contribution is 2.27. The Morgan fingerprint density at radius 1 is 1.03 bits per heavy atom. The highest BCUT2D eigenvalue weighted by molar-refractivity contribution is 5.65. The van der Waals surface area contributed by atoms with Crippen molar-refractivity contribution in [3.63, 3.8) is 0 Å². The molecule has 0 atom stereocenters. The molecule has 0 aliphatic heterocycles. The van der Waals surface area contributed by atoms with Crippen LogP contribution < -0.4 is 10.4 Å². The monoisotopic (exact) mass is 432 g/mol. The first-order valence-corrected chi connectivity index (χ1v) is 9.40. The third-order valence-electron chi connectivity index (χ3n) is 4.58. The molecule has 0 saturated carbocycles. The average molecular weight is 432 g/mol. The number of halogens is 3. The summed E-state index contributed by atoms with van der Waals surface area (Å²) >= 11 is 0. The van der Waals surface area contributed by atoms with Crippen LogP contribution in [0.3, 0.4) is 0 Å². The van der Waals surface area contributed by atoms with Crippen LogP contribution in [0, 0.1) is 0 Å². The molecule has 0 bridgehead atoms. The maximum atomic E-state index is 12.8. The predicted molar refractivity (Wildman–Crippen MR) is 106 cm³/mol. The van der Waals surface area contributed by atoms with Crippen LogP contribution in [-0.2, 0) is 12.0 Å². The summed E-state index contributed by atoms with van der Waals surface area (Å²) < 4.78 is 49.2. The van der Waals surface area contributed by atoms with Crippen molar-refractivity contribution in [1.82, 2.24) is 19.2 Å². The van der Waals surface area contributed by atoms with Gasteiger partial charge >= 0.3 is 12.1 Å². The summed E-state index contributed by atoms with van der Waals surface area (Å²) in [5.41, 5.74) is 1.10. The predicted octanol–water partition coefficient (Wildman–Crippen LogP) is 4.40. The highest BCUT2D eigenvalue weighted by atomic mass is 19.4. The highest BCUT2D eigenvalue weighted by Gasteiger charge is 2.31. The molecule has 0 aliphatic rings. The van der Waals surface area contributed by atoms with Gasteiger partial charge in [-0.15, -0.1) is 18.3 Å². The van der Waals surface area contributed by atoms with Gasteiger partial charge in [-0.1, -0.05) is 32.9 Å². The number of aromatic nitrogens is 4. The number of hydrogen-bond acceptors (Lipinski definition) is 5. The Kier molecular flexibility index (Phi) is 4.87. The molecule has 4 aromatic rings. The fourth-order valence-electron chi connectivity index (χ4n) is 3.00. The second kappa shape index (κ2) is 7.29. The normalized spacial score (nSPS) is 12.5. The van der Waals surface area contributed by atoms with Crippen LogP contribution >= 0.6 is 0 Å². The minimum absolute atomic E-state index is 0.0788. The Balaban J connectivity index is 1.61. The van der Waals surface area contributed by atoms with E-state index in [0.717, 1.165) is 0 Å². The Hall–Kier alpha value is -3.56. The first-order valence-electron chi connectivity index (χ1n) is 9.40. The molecule has 3 heterocycles. The second-order valence-corrected chi connectivity index (χ2v) is 8.03. The smallest absolute Gasteiger partial charge is 0.443 e. The van der Waals surface area contributed by atoms with Gasteiger partial charge in [0.05, 0.1) is 6.20 Å². The molecule has 31 heavy (non-hydrogen) atoms. The van der Waals surface area contributed by atoms with E-state index in [1.807, 2.05) is 20.8 Å². The van der Waals surface area contributed by atoms with E-state index in [1.165, 1.54) is 33.3 Å². The maximum Gasteiger partial charge on any atom is 0.573 e. The largest absolute Gasteiger partial charge is 0.573 e. The Morgan fingerprint density at radius 3 is 2.32 bits per heavy atom. The molecule has 0 N–H and O–H groups in total. The van der Waals surface area contributed by atoms with E-state index in [-0.39, 0.29) is 23.4 Å². The minimum atomic E-state index is -4.75. The van der Waals surface area contributed by atoms with Crippen molar-refractivity contribution >= 4 is 5.65 Å². The first-order chi connectivity index (χ1) is 14.5. The Morgan fingerprint density at radius 2 is 1.71 bits per heavy atom. The number of alkyl halides is 3. The van der Waals surface area contributed by atoms with E-state index in [9.17, 15) is 18.0 Å². The summed E-state index contributed by atoms with van der Waals surface area (Å²) in [7, 11) is 0. The van der Waals surface area contributed by atoms with Crippen molar-refractivity contribution in [1.29, 1.82) is 0 Å². The number of pyridine rings is 1. The second-order valence-electron chi connectivity index (χ2n) is 8.03. The van der Waals surface area contributed by atoms with Crippen molar-refractivity contribution in [2.24, 2.45) is 0 Å². The van der Waals surface area contributed by atoms with Crippen molar-refractivity contribution in [3.8, 4) is 16.9 Å². The summed E-state index contributed by atoms with van der Waals surface area (Å²) in [5, 5.41) is 4.29. The van der Waals surface area contributed by atoms with Crippen LogP contribution in [0.1, 0.15) is 32.4 Å². The summed E-state index contributed by atoms with van der Waals surface area (Å²) in [5.74, 6) is 0.762. The molecule has 0 saturated heterocycles. The quantitative estimate of drug-likeness (QED) is 0.478. The molecule has 0 spiro atoms. The van der Waals surface area contributed by atoms with Gasteiger partial charge in [0.25, 0.3) is 0 Å². The number of nitrogens with zero attached hydrogens (tertiary/aromatic N) is 4. The van der Waals surface area contributed by atoms with Gasteiger partial charge in [0.15, 0.2) is 5.65 Å². The van der Waals surface area contributed by atoms with E-state index >= 15 is 0 Å². The molecule has 162 valence electrons. The molecular weight excluding hydrogens is 413 g/mol. The minimum Gasteiger partial charge on any atom is -0.443 e. The van der Waals surface area contributed by atoms with Crippen molar-refractivity contribution in [2.45, 2.75) is 39.1 Å². The van der Waals surface area contributed by atoms with Crippen molar-refractivity contribution in [3.05, 3.63) is 70.9 Å². The fraction of sp³-hybridized carbons (Fsp3) is 0.286.